The largest absolute Gasteiger partial charge is 0.417 e. The van der Waals surface area contributed by atoms with Gasteiger partial charge < -0.3 is 0 Å². The van der Waals surface area contributed by atoms with Crippen molar-refractivity contribution in [3.8, 4) is 6.07 Å². The van der Waals surface area contributed by atoms with Gasteiger partial charge in [-0.05, 0) is 17.7 Å². The quantitative estimate of drug-likeness (QED) is 0.718. The number of thiol groups is 1. The van der Waals surface area contributed by atoms with Crippen molar-refractivity contribution in [1.29, 1.82) is 5.26 Å². The van der Waals surface area contributed by atoms with Gasteiger partial charge in [-0.1, -0.05) is 6.07 Å². The smallest absolute Gasteiger partial charge is 0.198 e. The number of hydrogen-bond acceptors (Lipinski definition) is 2. The van der Waals surface area contributed by atoms with Crippen LogP contribution in [0.4, 0.5) is 13.2 Å². The summed E-state index contributed by atoms with van der Waals surface area (Å²) in [6, 6.07) is 5.45. The molecule has 0 unspecified atom stereocenters. The van der Waals surface area contributed by atoms with Gasteiger partial charge in [0.05, 0.1) is 18.1 Å². The molecule has 0 saturated carbocycles. The molecular formula is C9H6F3NS. The van der Waals surface area contributed by atoms with E-state index in [1.54, 1.807) is 6.07 Å². The fourth-order valence-electron chi connectivity index (χ4n) is 1.01. The van der Waals surface area contributed by atoms with Crippen LogP contribution in [0.2, 0.25) is 0 Å². The Morgan fingerprint density at radius 2 is 2.00 bits per heavy atom. The van der Waals surface area contributed by atoms with E-state index in [4.69, 9.17) is 5.26 Å². The lowest BCUT2D eigenvalue weighted by atomic mass is 10.1. The number of nitriles is 1. The molecule has 0 N–H and O–H groups in total. The fraction of sp³-hybridized carbons (Fsp3) is 0.222. The number of alkyl halides is 3. The van der Waals surface area contributed by atoms with Crippen LogP contribution in [0.15, 0.2) is 23.1 Å². The second-order valence-electron chi connectivity index (χ2n) is 2.68. The summed E-state index contributed by atoms with van der Waals surface area (Å²) in [5.41, 5.74) is -0.453. The second-order valence-corrected chi connectivity index (χ2v) is 3.17. The minimum Gasteiger partial charge on any atom is -0.198 e. The van der Waals surface area contributed by atoms with Gasteiger partial charge in [-0.2, -0.15) is 18.4 Å². The Morgan fingerprint density at radius 3 is 2.50 bits per heavy atom. The molecule has 0 aromatic heterocycles. The Hall–Kier alpha value is -1.15. The molecule has 0 heterocycles. The molecule has 0 aliphatic carbocycles. The maximum absolute atomic E-state index is 12.3. The third-order valence-corrected chi connectivity index (χ3v) is 2.04. The van der Waals surface area contributed by atoms with E-state index in [9.17, 15) is 13.2 Å². The van der Waals surface area contributed by atoms with Crippen molar-refractivity contribution in [3.05, 3.63) is 29.3 Å². The predicted molar refractivity (Wildman–Crippen MR) is 48.0 cm³/mol. The Labute approximate surface area is 84.6 Å². The minimum absolute atomic E-state index is 0.0306. The van der Waals surface area contributed by atoms with Crippen molar-refractivity contribution in [2.75, 3.05) is 0 Å². The van der Waals surface area contributed by atoms with Crippen molar-refractivity contribution in [2.45, 2.75) is 17.5 Å². The van der Waals surface area contributed by atoms with Gasteiger partial charge in [0.2, 0.25) is 0 Å². The SMILES string of the molecule is N#CCc1ccc(S)c(C(F)(F)F)c1. The topological polar surface area (TPSA) is 23.8 Å². The molecule has 0 aliphatic heterocycles. The summed E-state index contributed by atoms with van der Waals surface area (Å²) in [7, 11) is 0. The van der Waals surface area contributed by atoms with E-state index >= 15 is 0 Å². The van der Waals surface area contributed by atoms with Crippen LogP contribution in [0.3, 0.4) is 0 Å². The van der Waals surface area contributed by atoms with Crippen LogP contribution in [0, 0.1) is 11.3 Å². The van der Waals surface area contributed by atoms with E-state index in [1.165, 1.54) is 12.1 Å². The first-order valence-electron chi connectivity index (χ1n) is 3.71. The van der Waals surface area contributed by atoms with Crippen molar-refractivity contribution in [1.82, 2.24) is 0 Å². The lowest BCUT2D eigenvalue weighted by Gasteiger charge is -2.10. The number of benzene rings is 1. The maximum atomic E-state index is 12.3. The molecule has 0 atom stereocenters. The van der Waals surface area contributed by atoms with Crippen LogP contribution < -0.4 is 0 Å². The average Bonchev–Trinajstić information content (AvgIpc) is 2.07. The number of nitrogens with zero attached hydrogens (tertiary/aromatic N) is 1. The zero-order valence-corrected chi connectivity index (χ0v) is 7.86. The van der Waals surface area contributed by atoms with Gasteiger partial charge in [0.25, 0.3) is 0 Å². The Morgan fingerprint density at radius 1 is 1.36 bits per heavy atom. The lowest BCUT2D eigenvalue weighted by Crippen LogP contribution is -2.06. The van der Waals surface area contributed by atoms with Gasteiger partial charge in [-0.15, -0.1) is 12.6 Å². The molecule has 0 spiro atoms. The Balaban J connectivity index is 3.17. The fourth-order valence-corrected chi connectivity index (χ4v) is 1.28. The van der Waals surface area contributed by atoms with E-state index in [0.29, 0.717) is 5.56 Å². The van der Waals surface area contributed by atoms with Gasteiger partial charge >= 0.3 is 6.18 Å². The molecule has 0 radical (unpaired) electrons. The standard InChI is InChI=1S/C9H6F3NS/c10-9(11,12)7-5-6(3-4-13)1-2-8(7)14/h1-2,5,14H,3H2. The summed E-state index contributed by atoms with van der Waals surface area (Å²) in [5.74, 6) is 0. The third-order valence-electron chi connectivity index (χ3n) is 1.65. The van der Waals surface area contributed by atoms with Crippen LogP contribution in [0.5, 0.6) is 0 Å². The van der Waals surface area contributed by atoms with Gasteiger partial charge in [0, 0.05) is 4.90 Å². The number of hydrogen-bond donors (Lipinski definition) is 1. The first-order valence-corrected chi connectivity index (χ1v) is 4.16. The van der Waals surface area contributed by atoms with E-state index in [-0.39, 0.29) is 11.3 Å². The first kappa shape index (κ1) is 10.9. The highest BCUT2D eigenvalue weighted by Gasteiger charge is 2.32. The highest BCUT2D eigenvalue weighted by atomic mass is 32.1. The summed E-state index contributed by atoms with van der Waals surface area (Å²) >= 11 is 3.70. The summed E-state index contributed by atoms with van der Waals surface area (Å²) in [5, 5.41) is 8.33. The van der Waals surface area contributed by atoms with Crippen molar-refractivity contribution in [3.63, 3.8) is 0 Å². The van der Waals surface area contributed by atoms with E-state index in [0.717, 1.165) is 6.07 Å². The van der Waals surface area contributed by atoms with Crippen LogP contribution >= 0.6 is 12.6 Å². The average molecular weight is 217 g/mol. The van der Waals surface area contributed by atoms with Crippen molar-refractivity contribution >= 4 is 12.6 Å². The Kier molecular flexibility index (Phi) is 3.06. The van der Waals surface area contributed by atoms with Gasteiger partial charge in [-0.3, -0.25) is 0 Å². The summed E-state index contributed by atoms with van der Waals surface area (Å²) in [6.45, 7) is 0. The summed E-state index contributed by atoms with van der Waals surface area (Å²) in [4.78, 5) is -0.126. The van der Waals surface area contributed by atoms with Crippen molar-refractivity contribution in [2.24, 2.45) is 0 Å². The molecule has 0 bridgehead atoms. The molecule has 0 fully saturated rings. The molecule has 0 aliphatic rings. The van der Waals surface area contributed by atoms with Crippen LogP contribution in [-0.2, 0) is 12.6 Å². The molecule has 5 heteroatoms. The highest BCUT2D eigenvalue weighted by Crippen LogP contribution is 2.34. The molecule has 1 nitrogen and oxygen atoms in total. The number of rotatable bonds is 1. The normalized spacial score (nSPS) is 11.1. The minimum atomic E-state index is -4.41. The molecule has 14 heavy (non-hydrogen) atoms. The lowest BCUT2D eigenvalue weighted by molar-refractivity contribution is -0.139. The van der Waals surface area contributed by atoms with Gasteiger partial charge in [0.1, 0.15) is 0 Å². The molecular weight excluding hydrogens is 211 g/mol. The van der Waals surface area contributed by atoms with Crippen molar-refractivity contribution < 1.29 is 13.2 Å². The van der Waals surface area contributed by atoms with E-state index in [2.05, 4.69) is 12.6 Å². The highest BCUT2D eigenvalue weighted by molar-refractivity contribution is 7.80. The third kappa shape index (κ3) is 2.42. The second kappa shape index (κ2) is 3.93. The van der Waals surface area contributed by atoms with Crippen LogP contribution in [0.1, 0.15) is 11.1 Å². The van der Waals surface area contributed by atoms with E-state index < -0.39 is 11.7 Å². The zero-order valence-electron chi connectivity index (χ0n) is 6.97. The van der Waals surface area contributed by atoms with Crippen LogP contribution in [0.25, 0.3) is 0 Å². The first-order chi connectivity index (χ1) is 6.45. The summed E-state index contributed by atoms with van der Waals surface area (Å²) in [6.07, 6.45) is -4.44. The monoisotopic (exact) mass is 217 g/mol. The molecule has 1 aromatic carbocycles. The zero-order chi connectivity index (χ0) is 10.8. The molecule has 1 rings (SSSR count). The van der Waals surface area contributed by atoms with Gasteiger partial charge in [0.15, 0.2) is 0 Å². The molecule has 0 saturated heterocycles. The van der Waals surface area contributed by atoms with Gasteiger partial charge in [-0.25, -0.2) is 0 Å². The maximum Gasteiger partial charge on any atom is 0.417 e. The van der Waals surface area contributed by atoms with E-state index in [1.807, 2.05) is 0 Å². The summed E-state index contributed by atoms with van der Waals surface area (Å²) < 4.78 is 37.0. The Bertz CT molecular complexity index is 379. The molecule has 1 aromatic rings. The van der Waals surface area contributed by atoms with Crippen LogP contribution in [-0.4, -0.2) is 0 Å². The predicted octanol–water partition coefficient (Wildman–Crippen LogP) is 3.06. The number of halogens is 3. The molecule has 74 valence electrons. The molecule has 0 amide bonds.